The van der Waals surface area contributed by atoms with Gasteiger partial charge in [0, 0.05) is 6.04 Å². The summed E-state index contributed by atoms with van der Waals surface area (Å²) in [5, 5.41) is 0. The lowest BCUT2D eigenvalue weighted by molar-refractivity contribution is 0.136. The largest absolute Gasteiger partial charge is 0.303 e. The number of fused-ring (bicyclic) bond motifs is 2. The number of hydrogen-bond donors (Lipinski definition) is 0. The highest BCUT2D eigenvalue weighted by Gasteiger charge is 2.58. The average molecular weight is 251 g/mol. The minimum absolute atomic E-state index is 0.636. The van der Waals surface area contributed by atoms with Gasteiger partial charge in [0.05, 0.1) is 0 Å². The summed E-state index contributed by atoms with van der Waals surface area (Å²) in [6, 6.07) is 0.928. The van der Waals surface area contributed by atoms with Crippen LogP contribution in [0.25, 0.3) is 0 Å². The highest BCUT2D eigenvalue weighted by molar-refractivity contribution is 5.28. The fourth-order valence-corrected chi connectivity index (χ4v) is 4.12. The summed E-state index contributed by atoms with van der Waals surface area (Å²) < 4.78 is 0. The zero-order valence-electron chi connectivity index (χ0n) is 13.6. The van der Waals surface area contributed by atoms with E-state index >= 15 is 0 Å². The summed E-state index contributed by atoms with van der Waals surface area (Å²) in [5.74, 6) is 1.84. The van der Waals surface area contributed by atoms with Crippen LogP contribution in [0.15, 0.2) is 11.6 Å². The molecule has 3 rings (SSSR count). The third-order valence-electron chi connectivity index (χ3n) is 4.95. The summed E-state index contributed by atoms with van der Waals surface area (Å²) in [4.78, 5) is 2.58. The number of nitrogens with zero attached hydrogens (tertiary/aromatic N) is 1. The molecule has 1 heteroatoms. The van der Waals surface area contributed by atoms with Crippen LogP contribution in [0, 0.1) is 17.3 Å². The Morgan fingerprint density at radius 1 is 1.22 bits per heavy atom. The van der Waals surface area contributed by atoms with Crippen molar-refractivity contribution < 1.29 is 0 Å². The first-order valence-corrected chi connectivity index (χ1v) is 8.02. The summed E-state index contributed by atoms with van der Waals surface area (Å²) in [6.45, 7) is 14.1. The first-order valence-electron chi connectivity index (χ1n) is 8.02. The number of piperidine rings is 1. The minimum atomic E-state index is 0.636. The van der Waals surface area contributed by atoms with Crippen LogP contribution in [0.1, 0.15) is 60.8 Å². The van der Waals surface area contributed by atoms with Crippen LogP contribution >= 0.6 is 0 Å². The smallest absolute Gasteiger partial charge is 0.0133 e. The molecule has 1 nitrogen and oxygen atoms in total. The second-order valence-corrected chi connectivity index (χ2v) is 5.83. The van der Waals surface area contributed by atoms with Crippen molar-refractivity contribution in [3.63, 3.8) is 0 Å². The van der Waals surface area contributed by atoms with E-state index in [9.17, 15) is 0 Å². The van der Waals surface area contributed by atoms with Crippen molar-refractivity contribution in [2.24, 2.45) is 17.3 Å². The second-order valence-electron chi connectivity index (χ2n) is 5.83. The predicted molar refractivity (Wildman–Crippen MR) is 81.8 cm³/mol. The SMILES string of the molecule is CC.CC.CC1=CC(C)CC12CCN(C)C1CC12. The Morgan fingerprint density at radius 2 is 1.83 bits per heavy atom. The van der Waals surface area contributed by atoms with Crippen LogP contribution in [0.5, 0.6) is 0 Å². The summed E-state index contributed by atoms with van der Waals surface area (Å²) in [6.07, 6.45) is 6.85. The van der Waals surface area contributed by atoms with E-state index in [0.29, 0.717) is 5.41 Å². The molecule has 0 aromatic rings. The maximum Gasteiger partial charge on any atom is 0.0133 e. The molecular weight excluding hydrogens is 218 g/mol. The van der Waals surface area contributed by atoms with Gasteiger partial charge < -0.3 is 4.90 Å². The maximum absolute atomic E-state index is 2.58. The molecular formula is C17H33N. The maximum atomic E-state index is 2.58. The van der Waals surface area contributed by atoms with E-state index in [1.54, 1.807) is 5.57 Å². The summed E-state index contributed by atoms with van der Waals surface area (Å²) in [5.41, 5.74) is 2.35. The summed E-state index contributed by atoms with van der Waals surface area (Å²) >= 11 is 0. The molecule has 1 spiro atoms. The van der Waals surface area contributed by atoms with Crippen LogP contribution in [-0.4, -0.2) is 24.5 Å². The van der Waals surface area contributed by atoms with Gasteiger partial charge in [0.1, 0.15) is 0 Å². The van der Waals surface area contributed by atoms with Crippen LogP contribution in [-0.2, 0) is 0 Å². The van der Waals surface area contributed by atoms with Gasteiger partial charge in [-0.2, -0.15) is 0 Å². The van der Waals surface area contributed by atoms with E-state index in [2.05, 4.69) is 31.9 Å². The molecule has 18 heavy (non-hydrogen) atoms. The van der Waals surface area contributed by atoms with Crippen molar-refractivity contribution in [3.05, 3.63) is 11.6 Å². The number of rotatable bonds is 0. The van der Waals surface area contributed by atoms with Gasteiger partial charge in [0.15, 0.2) is 0 Å². The highest BCUT2D eigenvalue weighted by atomic mass is 15.2. The molecule has 4 unspecified atom stereocenters. The lowest BCUT2D eigenvalue weighted by atomic mass is 9.71. The van der Waals surface area contributed by atoms with Gasteiger partial charge in [0.2, 0.25) is 0 Å². The van der Waals surface area contributed by atoms with E-state index in [4.69, 9.17) is 0 Å². The van der Waals surface area contributed by atoms with Gasteiger partial charge in [-0.3, -0.25) is 0 Å². The Labute approximate surface area is 115 Å². The van der Waals surface area contributed by atoms with E-state index in [0.717, 1.165) is 17.9 Å². The molecule has 0 radical (unpaired) electrons. The van der Waals surface area contributed by atoms with Crippen LogP contribution < -0.4 is 0 Å². The van der Waals surface area contributed by atoms with Gasteiger partial charge in [-0.15, -0.1) is 0 Å². The summed E-state index contributed by atoms with van der Waals surface area (Å²) in [7, 11) is 2.30. The normalized spacial score (nSPS) is 41.1. The topological polar surface area (TPSA) is 3.24 Å². The van der Waals surface area contributed by atoms with Gasteiger partial charge in [0.25, 0.3) is 0 Å². The minimum Gasteiger partial charge on any atom is -0.303 e. The fourth-order valence-electron chi connectivity index (χ4n) is 4.12. The molecule has 2 aliphatic carbocycles. The van der Waals surface area contributed by atoms with E-state index in [-0.39, 0.29) is 0 Å². The van der Waals surface area contributed by atoms with E-state index in [1.807, 2.05) is 27.7 Å². The molecule has 1 aliphatic heterocycles. The zero-order chi connectivity index (χ0) is 13.9. The Morgan fingerprint density at radius 3 is 2.33 bits per heavy atom. The van der Waals surface area contributed by atoms with Gasteiger partial charge in [-0.25, -0.2) is 0 Å². The zero-order valence-corrected chi connectivity index (χ0v) is 13.6. The number of likely N-dealkylation sites (tertiary alicyclic amines) is 1. The molecule has 2 fully saturated rings. The number of hydrogen-bond acceptors (Lipinski definition) is 1. The lowest BCUT2D eigenvalue weighted by Crippen LogP contribution is -2.39. The van der Waals surface area contributed by atoms with Crippen LogP contribution in [0.3, 0.4) is 0 Å². The monoisotopic (exact) mass is 251 g/mol. The average Bonchev–Trinajstić information content (AvgIpc) is 3.14. The van der Waals surface area contributed by atoms with Gasteiger partial charge in [-0.05, 0) is 57.0 Å². The Hall–Kier alpha value is -0.300. The standard InChI is InChI=1S/C13H21N.2C2H6/c1-9-6-10(2)13(8-9)4-5-14(3)12-7-11(12)13;2*1-2/h6,9,11-12H,4-5,7-8H2,1-3H3;2*1-2H3. The molecule has 1 heterocycles. The predicted octanol–water partition coefficient (Wildman–Crippen LogP) is 4.74. The number of allylic oxidation sites excluding steroid dienone is 2. The first kappa shape index (κ1) is 15.8. The van der Waals surface area contributed by atoms with Gasteiger partial charge in [-0.1, -0.05) is 46.3 Å². The third kappa shape index (κ3) is 2.52. The highest BCUT2D eigenvalue weighted by Crippen LogP contribution is 2.62. The molecule has 0 amide bonds. The molecule has 4 atom stereocenters. The quantitative estimate of drug-likeness (QED) is 0.562. The van der Waals surface area contributed by atoms with Crippen molar-refractivity contribution in [1.82, 2.24) is 4.90 Å². The Kier molecular flexibility index (Phi) is 5.46. The van der Waals surface area contributed by atoms with Crippen molar-refractivity contribution in [3.8, 4) is 0 Å². The molecule has 106 valence electrons. The molecule has 0 aromatic heterocycles. The van der Waals surface area contributed by atoms with E-state index in [1.165, 1.54) is 25.8 Å². The van der Waals surface area contributed by atoms with Crippen molar-refractivity contribution in [1.29, 1.82) is 0 Å². The molecule has 1 saturated carbocycles. The lowest BCUT2D eigenvalue weighted by Gasteiger charge is -2.39. The molecule has 0 aromatic carbocycles. The van der Waals surface area contributed by atoms with Gasteiger partial charge >= 0.3 is 0 Å². The van der Waals surface area contributed by atoms with Crippen molar-refractivity contribution in [2.45, 2.75) is 66.8 Å². The fraction of sp³-hybridized carbons (Fsp3) is 0.882. The molecule has 3 aliphatic rings. The van der Waals surface area contributed by atoms with Crippen LogP contribution in [0.4, 0.5) is 0 Å². The van der Waals surface area contributed by atoms with Crippen LogP contribution in [0.2, 0.25) is 0 Å². The molecule has 0 N–H and O–H groups in total. The molecule has 1 saturated heterocycles. The first-order chi connectivity index (χ1) is 8.63. The Bertz CT molecular complexity index is 294. The second kappa shape index (κ2) is 6.23. The van der Waals surface area contributed by atoms with Crippen molar-refractivity contribution in [2.75, 3.05) is 13.6 Å². The Balaban J connectivity index is 0.000000371. The van der Waals surface area contributed by atoms with E-state index < -0.39 is 0 Å². The molecule has 0 bridgehead atoms. The van der Waals surface area contributed by atoms with Crippen molar-refractivity contribution >= 4 is 0 Å². The third-order valence-corrected chi connectivity index (χ3v) is 4.95.